The minimum Gasteiger partial charge on any atom is -0.378 e. The molecule has 0 bridgehead atoms. The lowest BCUT2D eigenvalue weighted by atomic mass is 10.1. The largest absolute Gasteiger partial charge is 0.378 e. The first-order valence-electron chi connectivity index (χ1n) is 11.2. The zero-order chi connectivity index (χ0) is 23.5. The van der Waals surface area contributed by atoms with Gasteiger partial charge in [0.05, 0.1) is 18.2 Å². The third kappa shape index (κ3) is 5.02. The van der Waals surface area contributed by atoms with Crippen LogP contribution < -0.4 is 15.1 Å². The summed E-state index contributed by atoms with van der Waals surface area (Å²) in [4.78, 5) is 31.9. The summed E-state index contributed by atoms with van der Waals surface area (Å²) in [5, 5.41) is 3.36. The number of benzene rings is 2. The van der Waals surface area contributed by atoms with Gasteiger partial charge in [-0.1, -0.05) is 18.2 Å². The van der Waals surface area contributed by atoms with E-state index in [0.29, 0.717) is 24.0 Å². The second-order valence-electron chi connectivity index (χ2n) is 8.74. The molecule has 2 amide bonds. The van der Waals surface area contributed by atoms with Gasteiger partial charge in [0.1, 0.15) is 6.04 Å². The molecule has 2 atom stereocenters. The molecule has 174 valence electrons. The number of carbonyl (C=O) groups is 2. The number of nitrogens with one attached hydrogen (secondary N) is 1. The van der Waals surface area contributed by atoms with Crippen molar-refractivity contribution in [3.05, 3.63) is 54.1 Å². The molecule has 2 heterocycles. The molecular formula is C25H30N4O3S. The molecule has 8 heteroatoms. The van der Waals surface area contributed by atoms with Crippen molar-refractivity contribution in [3.8, 4) is 0 Å². The average molecular weight is 467 g/mol. The normalized spacial score (nSPS) is 20.5. The smallest absolute Gasteiger partial charge is 0.256 e. The summed E-state index contributed by atoms with van der Waals surface area (Å²) >= 11 is 5.75. The molecular weight excluding hydrogens is 436 g/mol. The number of thiocarbonyl (C=S) groups is 1. The van der Waals surface area contributed by atoms with E-state index in [9.17, 15) is 9.59 Å². The molecule has 0 spiro atoms. The number of ether oxygens (including phenoxy) is 1. The van der Waals surface area contributed by atoms with Crippen molar-refractivity contribution in [3.63, 3.8) is 0 Å². The Labute approximate surface area is 200 Å². The van der Waals surface area contributed by atoms with Crippen LogP contribution in [0.4, 0.5) is 17.1 Å². The van der Waals surface area contributed by atoms with E-state index in [4.69, 9.17) is 17.0 Å². The summed E-state index contributed by atoms with van der Waals surface area (Å²) in [5.74, 6) is -0.400. The SMILES string of the molecule is Cc1ccccc1NC(=O)C[C@@H]1C(=O)N(c2ccc(N(C)C)cc2)C(=S)N1C[C@H]1CCCO1. The summed E-state index contributed by atoms with van der Waals surface area (Å²) in [6.07, 6.45) is 1.95. The number of rotatable bonds is 7. The maximum atomic E-state index is 13.5. The molecule has 2 aromatic carbocycles. The van der Waals surface area contributed by atoms with Gasteiger partial charge in [-0.3, -0.25) is 14.5 Å². The van der Waals surface area contributed by atoms with Crippen molar-refractivity contribution in [1.82, 2.24) is 4.90 Å². The van der Waals surface area contributed by atoms with E-state index in [1.54, 1.807) is 4.90 Å². The number of carbonyl (C=O) groups excluding carboxylic acids is 2. The lowest BCUT2D eigenvalue weighted by Crippen LogP contribution is -2.42. The van der Waals surface area contributed by atoms with Crippen LogP contribution in [0.25, 0.3) is 0 Å². The van der Waals surface area contributed by atoms with E-state index in [1.807, 2.05) is 79.3 Å². The van der Waals surface area contributed by atoms with Crippen LogP contribution in [0.5, 0.6) is 0 Å². The molecule has 0 saturated carbocycles. The van der Waals surface area contributed by atoms with Gasteiger partial charge in [-0.2, -0.15) is 0 Å². The molecule has 7 nitrogen and oxygen atoms in total. The van der Waals surface area contributed by atoms with E-state index in [-0.39, 0.29) is 24.3 Å². The highest BCUT2D eigenvalue weighted by Gasteiger charge is 2.45. The van der Waals surface area contributed by atoms with Gasteiger partial charge in [-0.05, 0) is 67.9 Å². The summed E-state index contributed by atoms with van der Waals surface area (Å²) in [7, 11) is 3.93. The fourth-order valence-corrected chi connectivity index (χ4v) is 4.67. The molecule has 4 rings (SSSR count). The van der Waals surface area contributed by atoms with Gasteiger partial charge in [-0.15, -0.1) is 0 Å². The van der Waals surface area contributed by atoms with Gasteiger partial charge in [0.2, 0.25) is 5.91 Å². The van der Waals surface area contributed by atoms with Gasteiger partial charge in [0.25, 0.3) is 5.91 Å². The highest BCUT2D eigenvalue weighted by molar-refractivity contribution is 7.80. The fraction of sp³-hybridized carbons (Fsp3) is 0.400. The lowest BCUT2D eigenvalue weighted by Gasteiger charge is -2.26. The van der Waals surface area contributed by atoms with Crippen molar-refractivity contribution in [2.45, 2.75) is 38.3 Å². The Morgan fingerprint density at radius 2 is 1.91 bits per heavy atom. The number of anilines is 3. The van der Waals surface area contributed by atoms with Crippen LogP contribution in [-0.2, 0) is 14.3 Å². The summed E-state index contributed by atoms with van der Waals surface area (Å²) in [6, 6.07) is 14.6. The van der Waals surface area contributed by atoms with Crippen LogP contribution >= 0.6 is 12.2 Å². The minimum absolute atomic E-state index is 0.00810. The number of amides is 2. The maximum Gasteiger partial charge on any atom is 0.256 e. The molecule has 1 N–H and O–H groups in total. The van der Waals surface area contributed by atoms with Gasteiger partial charge in [-0.25, -0.2) is 0 Å². The zero-order valence-electron chi connectivity index (χ0n) is 19.3. The molecule has 0 radical (unpaired) electrons. The average Bonchev–Trinajstić information content (AvgIpc) is 3.38. The van der Waals surface area contributed by atoms with Crippen LogP contribution in [0.15, 0.2) is 48.5 Å². The molecule has 2 aliphatic rings. The predicted molar refractivity (Wildman–Crippen MR) is 135 cm³/mol. The summed E-state index contributed by atoms with van der Waals surface area (Å²) in [5.41, 5.74) is 3.45. The van der Waals surface area contributed by atoms with E-state index >= 15 is 0 Å². The quantitative estimate of drug-likeness (QED) is 0.630. The molecule has 2 fully saturated rings. The Morgan fingerprint density at radius 3 is 2.55 bits per heavy atom. The van der Waals surface area contributed by atoms with Crippen molar-refractivity contribution >= 4 is 46.2 Å². The molecule has 33 heavy (non-hydrogen) atoms. The number of nitrogens with zero attached hydrogens (tertiary/aromatic N) is 3. The number of hydrogen-bond acceptors (Lipinski definition) is 5. The highest BCUT2D eigenvalue weighted by atomic mass is 32.1. The molecule has 2 aromatic rings. The van der Waals surface area contributed by atoms with Crippen LogP contribution in [0.3, 0.4) is 0 Å². The van der Waals surface area contributed by atoms with Gasteiger partial charge in [0.15, 0.2) is 5.11 Å². The highest BCUT2D eigenvalue weighted by Crippen LogP contribution is 2.30. The van der Waals surface area contributed by atoms with Crippen LogP contribution in [-0.4, -0.2) is 61.2 Å². The third-order valence-electron chi connectivity index (χ3n) is 6.17. The Bertz CT molecular complexity index is 1030. The van der Waals surface area contributed by atoms with Gasteiger partial charge < -0.3 is 19.9 Å². The van der Waals surface area contributed by atoms with Crippen molar-refractivity contribution in [2.24, 2.45) is 0 Å². The fourth-order valence-electron chi connectivity index (χ4n) is 4.28. The van der Waals surface area contributed by atoms with Crippen molar-refractivity contribution in [1.29, 1.82) is 0 Å². The van der Waals surface area contributed by atoms with E-state index < -0.39 is 6.04 Å². The second kappa shape index (κ2) is 9.89. The number of para-hydroxylation sites is 1. The van der Waals surface area contributed by atoms with Crippen LogP contribution in [0, 0.1) is 6.92 Å². The molecule has 0 aliphatic carbocycles. The Kier molecular flexibility index (Phi) is 6.95. The Balaban J connectivity index is 1.56. The van der Waals surface area contributed by atoms with E-state index in [1.165, 1.54) is 0 Å². The van der Waals surface area contributed by atoms with Gasteiger partial charge >= 0.3 is 0 Å². The standard InChI is InChI=1S/C25H30N4O3S/c1-17-7-4-5-9-21(17)26-23(30)15-22-24(31)29(19-12-10-18(11-13-19)27(2)3)25(33)28(22)16-20-8-6-14-32-20/h4-5,7,9-13,20,22H,6,8,14-16H2,1-3H3,(H,26,30)/t20-,22-/m1/s1. The molecule has 2 aliphatic heterocycles. The predicted octanol–water partition coefficient (Wildman–Crippen LogP) is 3.57. The maximum absolute atomic E-state index is 13.5. The van der Waals surface area contributed by atoms with Crippen molar-refractivity contribution < 1.29 is 14.3 Å². The zero-order valence-corrected chi connectivity index (χ0v) is 20.1. The molecule has 0 unspecified atom stereocenters. The van der Waals surface area contributed by atoms with E-state index in [0.717, 1.165) is 29.8 Å². The minimum atomic E-state index is -0.667. The topological polar surface area (TPSA) is 65.1 Å². The van der Waals surface area contributed by atoms with E-state index in [2.05, 4.69) is 5.32 Å². The third-order valence-corrected chi connectivity index (χ3v) is 6.58. The first kappa shape index (κ1) is 23.2. The Hall–Kier alpha value is -2.97. The molecule has 0 aromatic heterocycles. The number of aryl methyl sites for hydroxylation is 1. The van der Waals surface area contributed by atoms with Crippen LogP contribution in [0.2, 0.25) is 0 Å². The summed E-state index contributed by atoms with van der Waals surface area (Å²) in [6.45, 7) is 3.15. The van der Waals surface area contributed by atoms with Crippen LogP contribution in [0.1, 0.15) is 24.8 Å². The Morgan fingerprint density at radius 1 is 1.18 bits per heavy atom. The second-order valence-corrected chi connectivity index (χ2v) is 9.10. The first-order valence-corrected chi connectivity index (χ1v) is 11.6. The summed E-state index contributed by atoms with van der Waals surface area (Å²) < 4.78 is 5.81. The molecule has 2 saturated heterocycles. The lowest BCUT2D eigenvalue weighted by molar-refractivity contribution is -0.124. The monoisotopic (exact) mass is 466 g/mol. The van der Waals surface area contributed by atoms with Gasteiger partial charge in [0, 0.05) is 38.6 Å². The first-order chi connectivity index (χ1) is 15.8. The van der Waals surface area contributed by atoms with Crippen molar-refractivity contribution in [2.75, 3.05) is 42.4 Å². The number of hydrogen-bond donors (Lipinski definition) is 1.